The molecule has 140 valence electrons. The molecule has 2 aromatic carbocycles. The van der Waals surface area contributed by atoms with E-state index in [1.165, 1.54) is 10.7 Å². The van der Waals surface area contributed by atoms with Gasteiger partial charge in [0.15, 0.2) is 0 Å². The highest BCUT2D eigenvalue weighted by Crippen LogP contribution is 2.46. The summed E-state index contributed by atoms with van der Waals surface area (Å²) in [6.45, 7) is 1.67. The van der Waals surface area contributed by atoms with Crippen LogP contribution in [0.1, 0.15) is 22.7 Å². The van der Waals surface area contributed by atoms with Gasteiger partial charge in [-0.3, -0.25) is 0 Å². The number of hydrogen-bond donors (Lipinski definition) is 1. The molecule has 2 heterocycles. The highest BCUT2D eigenvalue weighted by molar-refractivity contribution is 6.30. The minimum Gasteiger partial charge on any atom is -0.422 e. The van der Waals surface area contributed by atoms with E-state index < -0.39 is 17.6 Å². The molecule has 8 heteroatoms. The quantitative estimate of drug-likeness (QED) is 0.697. The lowest BCUT2D eigenvalue weighted by molar-refractivity contribution is 0.365. The standard InChI is InChI=1S/C20H13ClF2N4O/c1-10-16-17(18-14(22)6-3-7-15(18)23)13(9-24)19(25)28-20(16)27(26-10)12-5-2-4-11(21)8-12/h2-8,17H,25H2,1H3/t17-/m1/s1. The number of benzene rings is 2. The number of nitrogens with two attached hydrogens (primary N) is 1. The predicted molar refractivity (Wildman–Crippen MR) is 99.0 cm³/mol. The second kappa shape index (κ2) is 6.66. The third kappa shape index (κ3) is 2.70. The van der Waals surface area contributed by atoms with Crippen LogP contribution in [-0.2, 0) is 0 Å². The van der Waals surface area contributed by atoms with Crippen molar-refractivity contribution in [2.45, 2.75) is 12.8 Å². The van der Waals surface area contributed by atoms with E-state index in [4.69, 9.17) is 22.1 Å². The number of nitrogens with zero attached hydrogens (tertiary/aromatic N) is 3. The Hall–Kier alpha value is -3.37. The molecule has 1 aromatic heterocycles. The van der Waals surface area contributed by atoms with E-state index >= 15 is 0 Å². The smallest absolute Gasteiger partial charge is 0.229 e. The Balaban J connectivity index is 2.02. The maximum atomic E-state index is 14.6. The second-order valence-corrected chi connectivity index (χ2v) is 6.69. The second-order valence-electron chi connectivity index (χ2n) is 6.26. The molecule has 0 amide bonds. The summed E-state index contributed by atoms with van der Waals surface area (Å²) in [6.07, 6.45) is 0. The monoisotopic (exact) mass is 398 g/mol. The molecule has 1 atom stereocenters. The van der Waals surface area contributed by atoms with Gasteiger partial charge in [-0.2, -0.15) is 10.4 Å². The molecular weight excluding hydrogens is 386 g/mol. The highest BCUT2D eigenvalue weighted by atomic mass is 35.5. The Morgan fingerprint density at radius 2 is 1.86 bits per heavy atom. The van der Waals surface area contributed by atoms with Crippen LogP contribution in [0.5, 0.6) is 5.88 Å². The largest absolute Gasteiger partial charge is 0.422 e. The van der Waals surface area contributed by atoms with Gasteiger partial charge in [0.2, 0.25) is 11.8 Å². The Labute approximate surface area is 164 Å². The number of halogens is 3. The lowest BCUT2D eigenvalue weighted by atomic mass is 9.83. The summed E-state index contributed by atoms with van der Waals surface area (Å²) in [5.74, 6) is -2.70. The van der Waals surface area contributed by atoms with Crippen molar-refractivity contribution in [1.29, 1.82) is 5.26 Å². The number of ether oxygens (including phenoxy) is 1. The van der Waals surface area contributed by atoms with E-state index in [0.29, 0.717) is 22.0 Å². The highest BCUT2D eigenvalue weighted by Gasteiger charge is 2.38. The van der Waals surface area contributed by atoms with E-state index in [1.54, 1.807) is 31.2 Å². The molecule has 4 rings (SSSR count). The zero-order valence-corrected chi connectivity index (χ0v) is 15.3. The molecule has 1 aliphatic rings. The molecule has 1 aliphatic heterocycles. The van der Waals surface area contributed by atoms with Crippen LogP contribution in [0.2, 0.25) is 5.02 Å². The van der Waals surface area contributed by atoms with Crippen molar-refractivity contribution in [2.24, 2.45) is 5.73 Å². The average Bonchev–Trinajstić information content (AvgIpc) is 2.97. The molecule has 0 saturated carbocycles. The fourth-order valence-electron chi connectivity index (χ4n) is 3.37. The van der Waals surface area contributed by atoms with Crippen LogP contribution in [0.25, 0.3) is 5.69 Å². The Bertz CT molecular complexity index is 1160. The number of fused-ring (bicyclic) bond motifs is 1. The Kier molecular flexibility index (Phi) is 4.28. The number of allylic oxidation sites excluding steroid dienone is 1. The number of aryl methyl sites for hydroxylation is 1. The van der Waals surface area contributed by atoms with Gasteiger partial charge in [-0.05, 0) is 37.3 Å². The molecule has 0 aliphatic carbocycles. The normalized spacial score (nSPS) is 15.8. The molecule has 0 saturated heterocycles. The first-order valence-electron chi connectivity index (χ1n) is 8.29. The molecule has 0 bridgehead atoms. The minimum absolute atomic E-state index is 0.0785. The summed E-state index contributed by atoms with van der Waals surface area (Å²) >= 11 is 6.07. The summed E-state index contributed by atoms with van der Waals surface area (Å²) in [7, 11) is 0. The third-order valence-electron chi connectivity index (χ3n) is 4.57. The van der Waals surface area contributed by atoms with E-state index in [1.807, 2.05) is 6.07 Å². The zero-order chi connectivity index (χ0) is 20.0. The summed E-state index contributed by atoms with van der Waals surface area (Å²) in [5.41, 5.74) is 6.98. The van der Waals surface area contributed by atoms with Crippen molar-refractivity contribution in [1.82, 2.24) is 9.78 Å². The van der Waals surface area contributed by atoms with Gasteiger partial charge in [-0.15, -0.1) is 0 Å². The van der Waals surface area contributed by atoms with Gasteiger partial charge in [-0.25, -0.2) is 13.5 Å². The predicted octanol–water partition coefficient (Wildman–Crippen LogP) is 4.33. The van der Waals surface area contributed by atoms with Crippen molar-refractivity contribution in [3.63, 3.8) is 0 Å². The Morgan fingerprint density at radius 3 is 2.50 bits per heavy atom. The maximum Gasteiger partial charge on any atom is 0.229 e. The fraction of sp³-hybridized carbons (Fsp3) is 0.100. The fourth-order valence-corrected chi connectivity index (χ4v) is 3.56. The van der Waals surface area contributed by atoms with Gasteiger partial charge in [0, 0.05) is 10.6 Å². The molecule has 28 heavy (non-hydrogen) atoms. The molecule has 3 aromatic rings. The lowest BCUT2D eigenvalue weighted by Crippen LogP contribution is -2.23. The molecule has 0 fully saturated rings. The Morgan fingerprint density at radius 1 is 1.18 bits per heavy atom. The molecule has 0 radical (unpaired) electrons. The average molecular weight is 399 g/mol. The summed E-state index contributed by atoms with van der Waals surface area (Å²) in [4.78, 5) is 0. The number of aromatic nitrogens is 2. The zero-order valence-electron chi connectivity index (χ0n) is 14.6. The van der Waals surface area contributed by atoms with Gasteiger partial charge < -0.3 is 10.5 Å². The van der Waals surface area contributed by atoms with Crippen LogP contribution < -0.4 is 10.5 Å². The first kappa shape index (κ1) is 18.0. The molecule has 0 unspecified atom stereocenters. The summed E-state index contributed by atoms with van der Waals surface area (Å²) in [5, 5.41) is 14.5. The van der Waals surface area contributed by atoms with Crippen molar-refractivity contribution in [2.75, 3.05) is 0 Å². The third-order valence-corrected chi connectivity index (χ3v) is 4.81. The molecule has 2 N–H and O–H groups in total. The van der Waals surface area contributed by atoms with E-state index in [0.717, 1.165) is 12.1 Å². The first-order valence-corrected chi connectivity index (χ1v) is 8.67. The number of nitriles is 1. The van der Waals surface area contributed by atoms with Crippen molar-refractivity contribution >= 4 is 11.6 Å². The van der Waals surface area contributed by atoms with Crippen LogP contribution in [-0.4, -0.2) is 9.78 Å². The summed E-state index contributed by atoms with van der Waals surface area (Å²) < 4.78 is 36.3. The number of hydrogen-bond acceptors (Lipinski definition) is 4. The van der Waals surface area contributed by atoms with Crippen molar-refractivity contribution < 1.29 is 13.5 Å². The van der Waals surface area contributed by atoms with Crippen LogP contribution in [0.3, 0.4) is 0 Å². The SMILES string of the molecule is Cc1nn(-c2cccc(Cl)c2)c2c1[C@H](c1c(F)cccc1F)C(C#N)=C(N)O2. The van der Waals surface area contributed by atoms with Crippen molar-refractivity contribution in [3.8, 4) is 17.6 Å². The van der Waals surface area contributed by atoms with Gasteiger partial charge in [0.05, 0.1) is 22.9 Å². The van der Waals surface area contributed by atoms with E-state index in [9.17, 15) is 14.0 Å². The number of rotatable bonds is 2. The molecular formula is C20H13ClF2N4O. The van der Waals surface area contributed by atoms with Gasteiger partial charge in [0.1, 0.15) is 23.3 Å². The minimum atomic E-state index is -1.08. The van der Waals surface area contributed by atoms with E-state index in [-0.39, 0.29) is 22.9 Å². The van der Waals surface area contributed by atoms with Gasteiger partial charge >= 0.3 is 0 Å². The van der Waals surface area contributed by atoms with Crippen LogP contribution in [0.4, 0.5) is 8.78 Å². The van der Waals surface area contributed by atoms with Crippen molar-refractivity contribution in [3.05, 3.63) is 87.4 Å². The van der Waals surface area contributed by atoms with Crippen LogP contribution >= 0.6 is 11.6 Å². The summed E-state index contributed by atoms with van der Waals surface area (Å²) in [6, 6.07) is 12.3. The lowest BCUT2D eigenvalue weighted by Gasteiger charge is -2.25. The van der Waals surface area contributed by atoms with Crippen LogP contribution in [0, 0.1) is 29.9 Å². The van der Waals surface area contributed by atoms with Gasteiger partial charge in [0.25, 0.3) is 0 Å². The molecule has 0 spiro atoms. The molecule has 5 nitrogen and oxygen atoms in total. The van der Waals surface area contributed by atoms with Gasteiger partial charge in [-0.1, -0.05) is 23.7 Å². The first-order chi connectivity index (χ1) is 13.4. The topological polar surface area (TPSA) is 76.9 Å². The maximum absolute atomic E-state index is 14.6. The van der Waals surface area contributed by atoms with E-state index in [2.05, 4.69) is 5.10 Å². The van der Waals surface area contributed by atoms with Crippen LogP contribution in [0.15, 0.2) is 53.9 Å².